The van der Waals surface area contributed by atoms with E-state index in [4.69, 9.17) is 19.9 Å². The van der Waals surface area contributed by atoms with Gasteiger partial charge in [0.1, 0.15) is 33.5 Å². The van der Waals surface area contributed by atoms with Crippen LogP contribution in [0.15, 0.2) is 28.6 Å². The number of nitrogens with zero attached hydrogens (tertiary/aromatic N) is 2. The maximum absolute atomic E-state index is 13.5. The van der Waals surface area contributed by atoms with E-state index in [1.54, 1.807) is 18.9 Å². The van der Waals surface area contributed by atoms with Crippen molar-refractivity contribution in [1.29, 1.82) is 0 Å². The average molecular weight is 552 g/mol. The smallest absolute Gasteiger partial charge is 0.315 e. The van der Waals surface area contributed by atoms with Gasteiger partial charge in [-0.25, -0.2) is 4.98 Å². The van der Waals surface area contributed by atoms with Crippen LogP contribution in [0.3, 0.4) is 0 Å². The molecule has 36 heavy (non-hydrogen) atoms. The lowest BCUT2D eigenvalue weighted by atomic mass is 9.89. The Morgan fingerprint density at radius 2 is 2.03 bits per heavy atom. The molecule has 3 atom stereocenters. The average Bonchev–Trinajstić information content (AvgIpc) is 3.24. The predicted octanol–water partition coefficient (Wildman–Crippen LogP) is 2.63. The van der Waals surface area contributed by atoms with Crippen molar-refractivity contribution in [3.8, 4) is 5.75 Å². The Morgan fingerprint density at radius 3 is 2.72 bits per heavy atom. The first kappa shape index (κ1) is 26.8. The number of nitrogens with two attached hydrogens (primary N) is 1. The van der Waals surface area contributed by atoms with Crippen LogP contribution in [0.1, 0.15) is 23.1 Å². The molecule has 12 heteroatoms. The number of esters is 2. The molecule has 9 nitrogen and oxygen atoms in total. The summed E-state index contributed by atoms with van der Waals surface area (Å²) in [6, 6.07) is 6.80. The topological polar surface area (TPSA) is 121 Å². The van der Waals surface area contributed by atoms with Crippen LogP contribution in [0, 0.1) is 12.3 Å². The molecule has 0 spiro atoms. The molecule has 0 bridgehead atoms. The number of β-lactam (4-membered cyclic amide) rings is 1. The molecule has 1 aromatic heterocycles. The minimum absolute atomic E-state index is 0.108. The number of aryl methyl sites for hydroxylation is 1. The van der Waals surface area contributed by atoms with Gasteiger partial charge in [-0.1, -0.05) is 23.9 Å². The zero-order chi connectivity index (χ0) is 25.9. The van der Waals surface area contributed by atoms with Gasteiger partial charge in [-0.15, -0.1) is 23.1 Å². The number of thioether (sulfide) groups is 2. The van der Waals surface area contributed by atoms with Gasteiger partial charge in [0.2, 0.25) is 5.91 Å². The third-order valence-electron chi connectivity index (χ3n) is 6.10. The number of carbonyl (C=O) groups excluding carboxylic acids is 3. The number of aromatic nitrogens is 1. The molecule has 3 heterocycles. The summed E-state index contributed by atoms with van der Waals surface area (Å²) in [6.45, 7) is 4.34. The lowest BCUT2D eigenvalue weighted by Crippen LogP contribution is -2.72. The summed E-state index contributed by atoms with van der Waals surface area (Å²) in [6.07, 6.45) is 0.171. The van der Waals surface area contributed by atoms with Crippen LogP contribution >= 0.6 is 34.9 Å². The normalized spacial score (nSPS) is 23.0. The highest BCUT2D eigenvalue weighted by molar-refractivity contribution is 8.01. The van der Waals surface area contributed by atoms with Gasteiger partial charge in [-0.3, -0.25) is 14.4 Å². The minimum atomic E-state index is -0.908. The molecule has 2 aliphatic heterocycles. The minimum Gasteiger partial charge on any atom is -0.497 e. The summed E-state index contributed by atoms with van der Waals surface area (Å²) in [5.41, 5.74) is 6.66. The van der Waals surface area contributed by atoms with Gasteiger partial charge in [0.25, 0.3) is 0 Å². The predicted molar refractivity (Wildman–Crippen MR) is 139 cm³/mol. The first-order valence-corrected chi connectivity index (χ1v) is 14.3. The zero-order valence-corrected chi connectivity index (χ0v) is 22.8. The molecule has 2 unspecified atom stereocenters. The molecule has 0 saturated carbocycles. The zero-order valence-electron chi connectivity index (χ0n) is 20.4. The van der Waals surface area contributed by atoms with Gasteiger partial charge in [0.15, 0.2) is 0 Å². The van der Waals surface area contributed by atoms with Crippen molar-refractivity contribution in [1.82, 2.24) is 9.88 Å². The number of carbonyl (C=O) groups is 3. The van der Waals surface area contributed by atoms with Crippen LogP contribution in [0.25, 0.3) is 0 Å². The van der Waals surface area contributed by atoms with Crippen LogP contribution in [0.4, 0.5) is 0 Å². The van der Waals surface area contributed by atoms with Crippen LogP contribution in [0.5, 0.6) is 5.75 Å². The summed E-state index contributed by atoms with van der Waals surface area (Å²) >= 11 is 4.38. The number of hydrogen-bond acceptors (Lipinski definition) is 11. The standard InChI is InChI=1S/C24H29N3O6S3/c1-4-32-18(28)9-17-14(2)26-23(36-17)35-13-24(11-27-20(29)19(25)21(27)34-12-24)22(30)33-10-15-5-7-16(31-3)8-6-15/h5-8,19,21H,4,9-13,25H2,1-3H3/t19?,21-,24?/m1/s1. The fourth-order valence-electron chi connectivity index (χ4n) is 3.99. The Balaban J connectivity index is 1.46. The Kier molecular flexibility index (Phi) is 8.48. The maximum Gasteiger partial charge on any atom is 0.315 e. The number of methoxy groups -OCH3 is 1. The fraction of sp³-hybridized carbons (Fsp3) is 0.500. The molecule has 194 valence electrons. The van der Waals surface area contributed by atoms with Crippen LogP contribution in [-0.2, 0) is 36.9 Å². The second-order valence-electron chi connectivity index (χ2n) is 8.66. The lowest BCUT2D eigenvalue weighted by molar-refractivity contribution is -0.161. The highest BCUT2D eigenvalue weighted by Crippen LogP contribution is 2.45. The quantitative estimate of drug-likeness (QED) is 0.268. The van der Waals surface area contributed by atoms with Gasteiger partial charge in [0, 0.05) is 22.9 Å². The van der Waals surface area contributed by atoms with Crippen molar-refractivity contribution in [2.45, 2.75) is 42.6 Å². The van der Waals surface area contributed by atoms with E-state index >= 15 is 0 Å². The SMILES string of the molecule is CCOC(=O)Cc1sc(SCC2(C(=O)OCc3ccc(OC)cc3)CS[C@@H]3C(N)C(=O)N3C2)nc1C. The molecule has 2 aromatic rings. The van der Waals surface area contributed by atoms with E-state index in [-0.39, 0.29) is 42.8 Å². The van der Waals surface area contributed by atoms with Gasteiger partial charge in [-0.2, -0.15) is 0 Å². The summed E-state index contributed by atoms with van der Waals surface area (Å²) < 4.78 is 16.7. The molecular formula is C24H29N3O6S3. The van der Waals surface area contributed by atoms with E-state index in [2.05, 4.69) is 4.98 Å². The first-order valence-electron chi connectivity index (χ1n) is 11.5. The Labute approximate surface area is 222 Å². The third kappa shape index (κ3) is 5.66. The fourth-order valence-corrected chi connectivity index (χ4v) is 8.01. The van der Waals surface area contributed by atoms with Crippen molar-refractivity contribution < 1.29 is 28.6 Å². The van der Waals surface area contributed by atoms with Crippen molar-refractivity contribution in [3.63, 3.8) is 0 Å². The molecule has 1 aromatic carbocycles. The summed E-state index contributed by atoms with van der Waals surface area (Å²) in [4.78, 5) is 44.9. The molecule has 2 aliphatic rings. The highest BCUT2D eigenvalue weighted by Gasteiger charge is 2.56. The van der Waals surface area contributed by atoms with Crippen molar-refractivity contribution in [2.24, 2.45) is 11.1 Å². The maximum atomic E-state index is 13.5. The van der Waals surface area contributed by atoms with E-state index in [0.717, 1.165) is 26.2 Å². The largest absolute Gasteiger partial charge is 0.497 e. The monoisotopic (exact) mass is 551 g/mol. The van der Waals surface area contributed by atoms with Gasteiger partial charge < -0.3 is 24.8 Å². The number of amides is 1. The summed E-state index contributed by atoms with van der Waals surface area (Å²) in [7, 11) is 1.59. The number of benzene rings is 1. The van der Waals surface area contributed by atoms with Gasteiger partial charge in [0.05, 0.1) is 25.8 Å². The van der Waals surface area contributed by atoms with Crippen molar-refractivity contribution in [3.05, 3.63) is 40.4 Å². The Hall–Kier alpha value is -2.28. The van der Waals surface area contributed by atoms with Crippen molar-refractivity contribution in [2.75, 3.05) is 31.8 Å². The molecular weight excluding hydrogens is 522 g/mol. The molecule has 0 aliphatic carbocycles. The first-order chi connectivity index (χ1) is 17.3. The van der Waals surface area contributed by atoms with E-state index in [1.807, 2.05) is 31.2 Å². The molecule has 2 saturated heterocycles. The summed E-state index contributed by atoms with van der Waals surface area (Å²) in [5, 5.41) is -0.108. The van der Waals surface area contributed by atoms with Crippen LogP contribution in [-0.4, -0.2) is 70.9 Å². The number of thiazole rings is 1. The number of rotatable bonds is 10. The second kappa shape index (κ2) is 11.4. The highest BCUT2D eigenvalue weighted by atomic mass is 32.2. The molecule has 1 amide bonds. The van der Waals surface area contributed by atoms with Crippen LogP contribution < -0.4 is 10.5 Å². The van der Waals surface area contributed by atoms with E-state index < -0.39 is 11.5 Å². The molecule has 2 fully saturated rings. The molecule has 4 rings (SSSR count). The lowest BCUT2D eigenvalue weighted by Gasteiger charge is -2.53. The third-order valence-corrected chi connectivity index (χ3v) is 10.3. The van der Waals surface area contributed by atoms with E-state index in [0.29, 0.717) is 18.1 Å². The molecule has 2 N–H and O–H groups in total. The van der Waals surface area contributed by atoms with Crippen LogP contribution in [0.2, 0.25) is 0 Å². The van der Waals surface area contributed by atoms with Gasteiger partial charge in [-0.05, 0) is 31.5 Å². The number of ether oxygens (including phenoxy) is 3. The number of fused-ring (bicyclic) bond motifs is 1. The second-order valence-corrected chi connectivity index (χ2v) is 12.1. The van der Waals surface area contributed by atoms with E-state index in [1.165, 1.54) is 34.9 Å². The Bertz CT molecular complexity index is 1120. The van der Waals surface area contributed by atoms with E-state index in [9.17, 15) is 14.4 Å². The Morgan fingerprint density at radius 1 is 1.28 bits per heavy atom. The summed E-state index contributed by atoms with van der Waals surface area (Å²) in [5.74, 6) is 0.808. The molecule has 0 radical (unpaired) electrons. The number of hydrogen-bond donors (Lipinski definition) is 1. The van der Waals surface area contributed by atoms with Crippen molar-refractivity contribution >= 4 is 52.7 Å². The van der Waals surface area contributed by atoms with Gasteiger partial charge >= 0.3 is 11.9 Å².